The molecule has 1 aromatic heterocycles. The fraction of sp³-hybridized carbons (Fsp3) is 0.667. The lowest BCUT2D eigenvalue weighted by Crippen LogP contribution is -2.60. The Morgan fingerprint density at radius 3 is 2.43 bits per heavy atom. The van der Waals surface area contributed by atoms with Crippen molar-refractivity contribution < 1.29 is 9.52 Å². The van der Waals surface area contributed by atoms with Gasteiger partial charge in [0.15, 0.2) is 6.20 Å². The maximum absolute atomic E-state index is 12.7. The van der Waals surface area contributed by atoms with Gasteiger partial charge in [-0.1, -0.05) is 0 Å². The number of aromatic nitrogens is 1. The quantitative estimate of drug-likeness (QED) is 0.524. The Labute approximate surface area is 141 Å². The Bertz CT molecular complexity index is 584. The molecule has 1 amide bonds. The molecule has 4 bridgehead atoms. The summed E-state index contributed by atoms with van der Waals surface area (Å²) < 4.78 is 0.833. The van der Waals surface area contributed by atoms with Crippen molar-refractivity contribution in [1.82, 2.24) is 5.32 Å². The van der Waals surface area contributed by atoms with Gasteiger partial charge < -0.3 is 10.5 Å². The molecule has 1 N–H and O–H groups in total. The van der Waals surface area contributed by atoms with E-state index in [1.165, 1.54) is 37.2 Å². The number of nitrogens with one attached hydrogen (secondary N) is 1. The number of thioether (sulfide) groups is 1. The Hall–Kier alpha value is -1.23. The molecule has 0 aliphatic heterocycles. The smallest absolute Gasteiger partial charge is 0.252 e. The van der Waals surface area contributed by atoms with Crippen molar-refractivity contribution in [3.63, 3.8) is 0 Å². The molecule has 124 valence electrons. The average Bonchev–Trinajstić information content (AvgIpc) is 2.47. The summed E-state index contributed by atoms with van der Waals surface area (Å²) in [5.74, 6) is 2.55. The fourth-order valence-corrected chi connectivity index (χ4v) is 6.22. The lowest BCUT2D eigenvalue weighted by atomic mass is 9.53. The van der Waals surface area contributed by atoms with Crippen molar-refractivity contribution in [1.29, 1.82) is 0 Å². The second-order valence-electron chi connectivity index (χ2n) is 7.81. The van der Waals surface area contributed by atoms with Crippen LogP contribution in [0, 0.1) is 23.0 Å². The summed E-state index contributed by atoms with van der Waals surface area (Å²) in [6.07, 6.45) is 9.09. The number of amides is 1. The minimum Gasteiger partial charge on any atom is -0.618 e. The zero-order valence-electron chi connectivity index (χ0n) is 13.5. The molecule has 23 heavy (non-hydrogen) atoms. The number of carbonyl (C=O) groups is 1. The van der Waals surface area contributed by atoms with Gasteiger partial charge in [0.05, 0.1) is 5.25 Å². The van der Waals surface area contributed by atoms with Crippen LogP contribution < -0.4 is 10.0 Å². The third-order valence-electron chi connectivity index (χ3n) is 5.88. The lowest BCUT2D eigenvalue weighted by Gasteiger charge is -2.57. The highest BCUT2D eigenvalue weighted by molar-refractivity contribution is 8.00. The molecule has 1 atom stereocenters. The second kappa shape index (κ2) is 5.69. The molecule has 0 saturated heterocycles. The van der Waals surface area contributed by atoms with Gasteiger partial charge in [-0.15, -0.1) is 0 Å². The van der Waals surface area contributed by atoms with Crippen LogP contribution in [0.5, 0.6) is 0 Å². The Kier molecular flexibility index (Phi) is 3.79. The van der Waals surface area contributed by atoms with Crippen LogP contribution in [0.4, 0.5) is 0 Å². The summed E-state index contributed by atoms with van der Waals surface area (Å²) in [5.41, 5.74) is 0.0464. The summed E-state index contributed by atoms with van der Waals surface area (Å²) >= 11 is 1.35. The molecule has 4 aliphatic carbocycles. The Morgan fingerprint density at radius 2 is 1.87 bits per heavy atom. The topological polar surface area (TPSA) is 56.0 Å². The van der Waals surface area contributed by atoms with Crippen molar-refractivity contribution >= 4 is 17.7 Å². The van der Waals surface area contributed by atoms with Gasteiger partial charge in [0.2, 0.25) is 5.91 Å². The van der Waals surface area contributed by atoms with Gasteiger partial charge in [-0.05, 0) is 81.0 Å². The predicted octanol–water partition coefficient (Wildman–Crippen LogP) is 2.89. The first kappa shape index (κ1) is 15.3. The highest BCUT2D eigenvalue weighted by Crippen LogP contribution is 2.55. The van der Waals surface area contributed by atoms with E-state index in [0.29, 0.717) is 5.03 Å². The van der Waals surface area contributed by atoms with Crippen molar-refractivity contribution in [2.45, 2.75) is 61.3 Å². The molecule has 4 nitrogen and oxygen atoms in total. The first-order chi connectivity index (χ1) is 11.0. The van der Waals surface area contributed by atoms with Gasteiger partial charge in [-0.2, -0.15) is 4.73 Å². The van der Waals surface area contributed by atoms with Crippen LogP contribution in [0.3, 0.4) is 0 Å². The second-order valence-corrected chi connectivity index (χ2v) is 9.17. The molecule has 4 aliphatic rings. The Balaban J connectivity index is 1.42. The van der Waals surface area contributed by atoms with E-state index < -0.39 is 0 Å². The molecule has 0 unspecified atom stereocenters. The van der Waals surface area contributed by atoms with Crippen LogP contribution in [0.15, 0.2) is 29.4 Å². The molecule has 1 heterocycles. The normalized spacial score (nSPS) is 36.0. The predicted molar refractivity (Wildman–Crippen MR) is 89.8 cm³/mol. The first-order valence-corrected chi connectivity index (χ1v) is 9.58. The van der Waals surface area contributed by atoms with Crippen LogP contribution in [-0.2, 0) is 4.79 Å². The summed E-state index contributed by atoms with van der Waals surface area (Å²) in [4.78, 5) is 12.7. The summed E-state index contributed by atoms with van der Waals surface area (Å²) in [6, 6.07) is 5.31. The molecule has 0 spiro atoms. The van der Waals surface area contributed by atoms with Gasteiger partial charge >= 0.3 is 0 Å². The van der Waals surface area contributed by atoms with Crippen molar-refractivity contribution in [2.75, 3.05) is 0 Å². The van der Waals surface area contributed by atoms with Gasteiger partial charge in [0.25, 0.3) is 5.03 Å². The summed E-state index contributed by atoms with van der Waals surface area (Å²) in [7, 11) is 0. The van der Waals surface area contributed by atoms with Crippen LogP contribution >= 0.6 is 11.8 Å². The SMILES string of the molecule is C[C@H](Sc1cccc[n+]1[O-])C(=O)NC12CC3CC(CC(C3)C1)C2. The fourth-order valence-electron chi connectivity index (χ4n) is 5.37. The molecular formula is C18H24N2O2S. The van der Waals surface area contributed by atoms with E-state index in [9.17, 15) is 10.0 Å². The zero-order valence-corrected chi connectivity index (χ0v) is 14.3. The van der Waals surface area contributed by atoms with E-state index in [1.807, 2.05) is 13.0 Å². The van der Waals surface area contributed by atoms with Gasteiger partial charge in [-0.3, -0.25) is 4.79 Å². The third kappa shape index (κ3) is 2.95. The number of pyridine rings is 1. The maximum Gasteiger partial charge on any atom is 0.252 e. The van der Waals surface area contributed by atoms with Crippen molar-refractivity contribution in [2.24, 2.45) is 17.8 Å². The summed E-state index contributed by atoms with van der Waals surface area (Å²) in [6.45, 7) is 1.90. The van der Waals surface area contributed by atoms with Gasteiger partial charge in [0, 0.05) is 17.7 Å². The largest absolute Gasteiger partial charge is 0.618 e. The van der Waals surface area contributed by atoms with Crippen LogP contribution in [0.25, 0.3) is 0 Å². The van der Waals surface area contributed by atoms with E-state index in [1.54, 1.807) is 12.1 Å². The van der Waals surface area contributed by atoms with Crippen molar-refractivity contribution in [3.8, 4) is 0 Å². The van der Waals surface area contributed by atoms with Gasteiger partial charge in [0.1, 0.15) is 0 Å². The number of hydrogen-bond donors (Lipinski definition) is 1. The molecule has 5 heteroatoms. The molecular weight excluding hydrogens is 308 g/mol. The number of rotatable bonds is 4. The average molecular weight is 332 g/mol. The maximum atomic E-state index is 12.7. The highest BCUT2D eigenvalue weighted by atomic mass is 32.2. The molecule has 5 rings (SSSR count). The van der Waals surface area contributed by atoms with Gasteiger partial charge in [-0.25, -0.2) is 0 Å². The summed E-state index contributed by atoms with van der Waals surface area (Å²) in [5, 5.41) is 15.5. The number of hydrogen-bond acceptors (Lipinski definition) is 3. The molecule has 4 saturated carbocycles. The molecule has 0 radical (unpaired) electrons. The Morgan fingerprint density at radius 1 is 1.26 bits per heavy atom. The van der Waals surface area contributed by atoms with E-state index >= 15 is 0 Å². The third-order valence-corrected chi connectivity index (χ3v) is 7.01. The zero-order chi connectivity index (χ0) is 16.0. The van der Waals surface area contributed by atoms with Crippen LogP contribution in [0.2, 0.25) is 0 Å². The van der Waals surface area contributed by atoms with Crippen LogP contribution in [0.1, 0.15) is 45.4 Å². The monoisotopic (exact) mass is 332 g/mol. The highest BCUT2D eigenvalue weighted by Gasteiger charge is 2.51. The lowest BCUT2D eigenvalue weighted by molar-refractivity contribution is -0.645. The van der Waals surface area contributed by atoms with Crippen LogP contribution in [-0.4, -0.2) is 16.7 Å². The molecule has 1 aromatic rings. The van der Waals surface area contributed by atoms with E-state index in [-0.39, 0.29) is 16.7 Å². The molecule has 4 fully saturated rings. The van der Waals surface area contributed by atoms with Crippen molar-refractivity contribution in [3.05, 3.63) is 29.6 Å². The number of carbonyl (C=O) groups excluding carboxylic acids is 1. The minimum absolute atomic E-state index is 0.0464. The molecule has 0 aromatic carbocycles. The first-order valence-electron chi connectivity index (χ1n) is 8.70. The van der Waals surface area contributed by atoms with E-state index in [4.69, 9.17) is 0 Å². The minimum atomic E-state index is -0.245. The van der Waals surface area contributed by atoms with E-state index in [2.05, 4.69) is 5.32 Å². The number of nitrogens with zero attached hydrogens (tertiary/aromatic N) is 1. The standard InChI is InChI=1S/C18H24N2O2S/c1-12(23-16-4-2-3-5-20(16)22)17(21)19-18-9-13-6-14(10-18)8-15(7-13)11-18/h2-5,12-15H,6-11H2,1H3,(H,19,21)/t12-,13?,14?,15?,18?/m0/s1. The van der Waals surface area contributed by atoms with E-state index in [0.717, 1.165) is 41.7 Å².